The summed E-state index contributed by atoms with van der Waals surface area (Å²) in [7, 11) is 5.59. The summed E-state index contributed by atoms with van der Waals surface area (Å²) in [4.78, 5) is 9.78. The summed E-state index contributed by atoms with van der Waals surface area (Å²) in [5, 5.41) is 6.88. The van der Waals surface area contributed by atoms with Gasteiger partial charge in [0.15, 0.2) is 5.96 Å². The smallest absolute Gasteiger partial charge is 0.191 e. The van der Waals surface area contributed by atoms with Gasteiger partial charge in [-0.1, -0.05) is 12.1 Å². The van der Waals surface area contributed by atoms with Crippen molar-refractivity contribution in [2.45, 2.75) is 32.2 Å². The van der Waals surface area contributed by atoms with Crippen LogP contribution >= 0.6 is 24.0 Å². The van der Waals surface area contributed by atoms with Gasteiger partial charge in [-0.05, 0) is 70.6 Å². The average molecular weight is 548 g/mol. The van der Waals surface area contributed by atoms with Crippen LogP contribution in [0.2, 0.25) is 0 Å². The Morgan fingerprint density at radius 2 is 1.84 bits per heavy atom. The van der Waals surface area contributed by atoms with Gasteiger partial charge < -0.3 is 25.0 Å². The standard InChI is InChI=1S/C23H41N5O2.HI/c1-5-24-23(25-13-8-14-27(2)17-18-29-3)26-19-22(28-15-6-7-16-28)20-9-11-21(30-4)12-10-20;/h9-12,22H,5-8,13-19H2,1-4H3,(H2,24,25,26);1H. The number of hydrogen-bond acceptors (Lipinski definition) is 5. The number of hydrogen-bond donors (Lipinski definition) is 2. The molecule has 1 atom stereocenters. The van der Waals surface area contributed by atoms with Gasteiger partial charge in [0.2, 0.25) is 0 Å². The van der Waals surface area contributed by atoms with Crippen molar-refractivity contribution in [3.05, 3.63) is 29.8 Å². The number of benzene rings is 1. The second kappa shape index (κ2) is 16.5. The van der Waals surface area contributed by atoms with Crippen LogP contribution in [0.5, 0.6) is 5.75 Å². The Morgan fingerprint density at radius 3 is 2.45 bits per heavy atom. The lowest BCUT2D eigenvalue weighted by molar-refractivity contribution is 0.161. The lowest BCUT2D eigenvalue weighted by Gasteiger charge is -2.27. The number of guanidine groups is 1. The number of methoxy groups -OCH3 is 2. The van der Waals surface area contributed by atoms with Gasteiger partial charge in [-0.2, -0.15) is 0 Å². The summed E-state index contributed by atoms with van der Waals surface area (Å²) < 4.78 is 10.5. The number of nitrogens with one attached hydrogen (secondary N) is 2. The minimum absolute atomic E-state index is 0. The Bertz CT molecular complexity index is 608. The fourth-order valence-electron chi connectivity index (χ4n) is 3.75. The van der Waals surface area contributed by atoms with E-state index in [1.54, 1.807) is 14.2 Å². The molecule has 0 bridgehead atoms. The van der Waals surface area contributed by atoms with Crippen LogP contribution in [0.3, 0.4) is 0 Å². The van der Waals surface area contributed by atoms with Gasteiger partial charge >= 0.3 is 0 Å². The van der Waals surface area contributed by atoms with E-state index in [-0.39, 0.29) is 24.0 Å². The summed E-state index contributed by atoms with van der Waals surface area (Å²) in [5.41, 5.74) is 1.30. The molecule has 1 saturated heterocycles. The van der Waals surface area contributed by atoms with Crippen LogP contribution in [-0.2, 0) is 4.74 Å². The number of likely N-dealkylation sites (N-methyl/N-ethyl adjacent to an activating group) is 1. The topological polar surface area (TPSA) is 61.4 Å². The van der Waals surface area contributed by atoms with Crippen molar-refractivity contribution >= 4 is 29.9 Å². The second-order valence-corrected chi connectivity index (χ2v) is 7.83. The Balaban J connectivity index is 0.00000480. The molecule has 1 fully saturated rings. The fourth-order valence-corrected chi connectivity index (χ4v) is 3.75. The Kier molecular flexibility index (Phi) is 14.9. The molecule has 1 aromatic rings. The molecule has 0 aliphatic carbocycles. The maximum absolute atomic E-state index is 5.33. The molecule has 2 N–H and O–H groups in total. The van der Waals surface area contributed by atoms with E-state index in [1.807, 2.05) is 12.1 Å². The first kappa shape index (κ1) is 27.9. The SMILES string of the molecule is CCNC(=NCC(c1ccc(OC)cc1)N1CCCC1)NCCCN(C)CCOC.I. The molecule has 31 heavy (non-hydrogen) atoms. The highest BCUT2D eigenvalue weighted by Gasteiger charge is 2.23. The van der Waals surface area contributed by atoms with Crippen LogP contribution in [0, 0.1) is 0 Å². The van der Waals surface area contributed by atoms with Gasteiger partial charge in [0.25, 0.3) is 0 Å². The number of rotatable bonds is 13. The first-order chi connectivity index (χ1) is 14.7. The molecular weight excluding hydrogens is 505 g/mol. The number of aliphatic imine (C=N–C) groups is 1. The van der Waals surface area contributed by atoms with Crippen LogP contribution in [0.1, 0.15) is 37.8 Å². The van der Waals surface area contributed by atoms with Gasteiger partial charge in [0, 0.05) is 26.7 Å². The molecule has 7 nitrogen and oxygen atoms in total. The highest BCUT2D eigenvalue weighted by atomic mass is 127. The second-order valence-electron chi connectivity index (χ2n) is 7.83. The van der Waals surface area contributed by atoms with E-state index in [1.165, 1.54) is 18.4 Å². The molecule has 1 heterocycles. The Hall–Kier alpha value is -1.10. The van der Waals surface area contributed by atoms with Gasteiger partial charge in [-0.3, -0.25) is 9.89 Å². The zero-order valence-corrected chi connectivity index (χ0v) is 22.1. The quantitative estimate of drug-likeness (QED) is 0.172. The van der Waals surface area contributed by atoms with Gasteiger partial charge in [0.1, 0.15) is 5.75 Å². The van der Waals surface area contributed by atoms with Gasteiger partial charge in [-0.25, -0.2) is 0 Å². The maximum atomic E-state index is 5.33. The van der Waals surface area contributed by atoms with E-state index >= 15 is 0 Å². The first-order valence-electron chi connectivity index (χ1n) is 11.3. The lowest BCUT2D eigenvalue weighted by atomic mass is 10.1. The molecule has 1 aliphatic rings. The molecule has 178 valence electrons. The van der Waals surface area contributed by atoms with E-state index in [9.17, 15) is 0 Å². The normalized spacial score (nSPS) is 15.6. The minimum atomic E-state index is 0. The summed E-state index contributed by atoms with van der Waals surface area (Å²) in [6.45, 7) is 9.68. The van der Waals surface area contributed by atoms with Crippen molar-refractivity contribution < 1.29 is 9.47 Å². The van der Waals surface area contributed by atoms with Crippen molar-refractivity contribution in [2.24, 2.45) is 4.99 Å². The lowest BCUT2D eigenvalue weighted by Crippen LogP contribution is -2.39. The summed E-state index contributed by atoms with van der Waals surface area (Å²) >= 11 is 0. The molecule has 2 rings (SSSR count). The van der Waals surface area contributed by atoms with Crippen LogP contribution in [-0.4, -0.2) is 89.4 Å². The van der Waals surface area contributed by atoms with Crippen LogP contribution < -0.4 is 15.4 Å². The summed E-state index contributed by atoms with van der Waals surface area (Å²) in [5.74, 6) is 1.79. The molecule has 0 aromatic heterocycles. The third kappa shape index (κ3) is 10.4. The number of nitrogens with zero attached hydrogens (tertiary/aromatic N) is 3. The van der Waals surface area contributed by atoms with E-state index < -0.39 is 0 Å². The van der Waals surface area contributed by atoms with E-state index in [2.05, 4.69) is 46.5 Å². The van der Waals surface area contributed by atoms with Crippen molar-refractivity contribution in [1.29, 1.82) is 0 Å². The van der Waals surface area contributed by atoms with Gasteiger partial charge in [-0.15, -0.1) is 24.0 Å². The zero-order valence-electron chi connectivity index (χ0n) is 19.7. The molecule has 1 unspecified atom stereocenters. The van der Waals surface area contributed by atoms with E-state index in [4.69, 9.17) is 14.5 Å². The van der Waals surface area contributed by atoms with Crippen LogP contribution in [0.15, 0.2) is 29.3 Å². The molecule has 0 radical (unpaired) electrons. The van der Waals surface area contributed by atoms with E-state index in [0.29, 0.717) is 6.04 Å². The molecule has 1 aliphatic heterocycles. The minimum Gasteiger partial charge on any atom is -0.497 e. The van der Waals surface area contributed by atoms with E-state index in [0.717, 1.165) is 70.6 Å². The maximum Gasteiger partial charge on any atom is 0.191 e. The Morgan fingerprint density at radius 1 is 1.13 bits per heavy atom. The molecule has 1 aromatic carbocycles. The molecular formula is C23H42IN5O2. The number of ether oxygens (including phenoxy) is 2. The van der Waals surface area contributed by atoms with Crippen molar-refractivity contribution in [1.82, 2.24) is 20.4 Å². The van der Waals surface area contributed by atoms with Crippen LogP contribution in [0.25, 0.3) is 0 Å². The fraction of sp³-hybridized carbons (Fsp3) is 0.696. The molecule has 0 amide bonds. The Labute approximate surface area is 206 Å². The molecule has 8 heteroatoms. The zero-order chi connectivity index (χ0) is 21.6. The van der Waals surface area contributed by atoms with Gasteiger partial charge in [0.05, 0.1) is 26.3 Å². The monoisotopic (exact) mass is 547 g/mol. The highest BCUT2D eigenvalue weighted by Crippen LogP contribution is 2.27. The summed E-state index contributed by atoms with van der Waals surface area (Å²) in [6.07, 6.45) is 3.61. The van der Waals surface area contributed by atoms with Crippen molar-refractivity contribution in [2.75, 3.05) is 73.7 Å². The third-order valence-electron chi connectivity index (χ3n) is 5.53. The average Bonchev–Trinajstić information content (AvgIpc) is 3.30. The molecule has 0 saturated carbocycles. The molecule has 0 spiro atoms. The van der Waals surface area contributed by atoms with Crippen molar-refractivity contribution in [3.8, 4) is 5.75 Å². The largest absolute Gasteiger partial charge is 0.497 e. The number of likely N-dealkylation sites (tertiary alicyclic amines) is 1. The predicted octanol–water partition coefficient (Wildman–Crippen LogP) is 2.97. The van der Waals surface area contributed by atoms with Crippen LogP contribution in [0.4, 0.5) is 0 Å². The predicted molar refractivity (Wildman–Crippen MR) is 140 cm³/mol. The third-order valence-corrected chi connectivity index (χ3v) is 5.53. The highest BCUT2D eigenvalue weighted by molar-refractivity contribution is 14.0. The first-order valence-corrected chi connectivity index (χ1v) is 11.3. The van der Waals surface area contributed by atoms with Crippen molar-refractivity contribution in [3.63, 3.8) is 0 Å². The summed E-state index contributed by atoms with van der Waals surface area (Å²) in [6, 6.07) is 8.74. The number of halogens is 1.